The molecular formula is C19H20ClN5O2. The number of fused-ring (bicyclic) bond motifs is 1. The lowest BCUT2D eigenvalue weighted by Gasteiger charge is -2.33. The van der Waals surface area contributed by atoms with Crippen LogP contribution < -0.4 is 14.4 Å². The Balaban J connectivity index is 1.54. The first-order chi connectivity index (χ1) is 13.2. The highest BCUT2D eigenvalue weighted by molar-refractivity contribution is 6.31. The number of rotatable bonds is 4. The molecule has 4 heterocycles. The zero-order chi connectivity index (χ0) is 18.8. The molecule has 8 heteroatoms. The molecule has 3 aromatic rings. The molecule has 0 spiro atoms. The van der Waals surface area contributed by atoms with Crippen molar-refractivity contribution >= 4 is 28.5 Å². The van der Waals surface area contributed by atoms with Gasteiger partial charge in [0.15, 0.2) is 22.4 Å². The van der Waals surface area contributed by atoms with Gasteiger partial charge in [0.25, 0.3) is 0 Å². The van der Waals surface area contributed by atoms with Crippen LogP contribution >= 0.6 is 11.6 Å². The molecule has 0 bridgehead atoms. The van der Waals surface area contributed by atoms with Gasteiger partial charge in [0.05, 0.1) is 14.2 Å². The van der Waals surface area contributed by atoms with E-state index in [9.17, 15) is 0 Å². The SMILES string of the molecule is COc1nc(Cl)c(OC)c(N2CCC(c3ccc4cccnc4n3)CC2)n1. The lowest BCUT2D eigenvalue weighted by Crippen LogP contribution is -2.34. The average molecular weight is 386 g/mol. The molecule has 0 unspecified atom stereocenters. The number of pyridine rings is 2. The van der Waals surface area contributed by atoms with E-state index in [1.807, 2.05) is 12.1 Å². The van der Waals surface area contributed by atoms with Crippen molar-refractivity contribution in [2.75, 3.05) is 32.2 Å². The zero-order valence-corrected chi connectivity index (χ0v) is 16.0. The van der Waals surface area contributed by atoms with E-state index in [1.165, 1.54) is 7.11 Å². The minimum absolute atomic E-state index is 0.236. The first kappa shape index (κ1) is 17.7. The molecule has 0 amide bonds. The van der Waals surface area contributed by atoms with Gasteiger partial charge in [-0.1, -0.05) is 11.6 Å². The summed E-state index contributed by atoms with van der Waals surface area (Å²) in [5, 5.41) is 1.31. The van der Waals surface area contributed by atoms with Gasteiger partial charge in [-0.05, 0) is 37.1 Å². The third-order valence-electron chi connectivity index (χ3n) is 4.87. The molecule has 7 nitrogen and oxygen atoms in total. The lowest BCUT2D eigenvalue weighted by molar-refractivity contribution is 0.367. The summed E-state index contributed by atoms with van der Waals surface area (Å²) in [6.45, 7) is 1.64. The second kappa shape index (κ2) is 7.52. The Hall–Kier alpha value is -2.67. The van der Waals surface area contributed by atoms with Crippen molar-refractivity contribution in [3.05, 3.63) is 41.3 Å². The largest absolute Gasteiger partial charge is 0.490 e. The van der Waals surface area contributed by atoms with Gasteiger partial charge in [-0.2, -0.15) is 9.97 Å². The molecule has 0 atom stereocenters. The normalized spacial score (nSPS) is 15.1. The summed E-state index contributed by atoms with van der Waals surface area (Å²) in [6, 6.07) is 8.39. The Kier molecular flexibility index (Phi) is 4.94. The van der Waals surface area contributed by atoms with Crippen LogP contribution in [0.1, 0.15) is 24.5 Å². The van der Waals surface area contributed by atoms with Crippen LogP contribution in [0.25, 0.3) is 11.0 Å². The summed E-state index contributed by atoms with van der Waals surface area (Å²) in [6.07, 6.45) is 3.69. The van der Waals surface area contributed by atoms with Gasteiger partial charge in [-0.15, -0.1) is 0 Å². The monoisotopic (exact) mass is 385 g/mol. The maximum absolute atomic E-state index is 6.21. The number of nitrogens with zero attached hydrogens (tertiary/aromatic N) is 5. The Morgan fingerprint density at radius 1 is 1.04 bits per heavy atom. The van der Waals surface area contributed by atoms with Crippen LogP contribution in [-0.2, 0) is 0 Å². The number of halogens is 1. The van der Waals surface area contributed by atoms with Crippen LogP contribution in [-0.4, -0.2) is 47.2 Å². The topological polar surface area (TPSA) is 73.3 Å². The Bertz CT molecular complexity index is 960. The van der Waals surface area contributed by atoms with Crippen LogP contribution in [0.2, 0.25) is 5.15 Å². The van der Waals surface area contributed by atoms with Gasteiger partial charge < -0.3 is 14.4 Å². The third kappa shape index (κ3) is 3.47. The highest BCUT2D eigenvalue weighted by Crippen LogP contribution is 2.37. The highest BCUT2D eigenvalue weighted by Gasteiger charge is 2.26. The van der Waals surface area contributed by atoms with Crippen LogP contribution in [0.4, 0.5) is 5.82 Å². The highest BCUT2D eigenvalue weighted by atomic mass is 35.5. The van der Waals surface area contributed by atoms with Crippen molar-refractivity contribution < 1.29 is 9.47 Å². The minimum atomic E-state index is 0.236. The first-order valence-electron chi connectivity index (χ1n) is 8.81. The average Bonchev–Trinajstić information content (AvgIpc) is 2.73. The van der Waals surface area contributed by atoms with Crippen molar-refractivity contribution in [1.82, 2.24) is 19.9 Å². The molecule has 0 aliphatic carbocycles. The summed E-state index contributed by atoms with van der Waals surface area (Å²) in [5.74, 6) is 1.53. The van der Waals surface area contributed by atoms with E-state index < -0.39 is 0 Å². The van der Waals surface area contributed by atoms with Crippen molar-refractivity contribution in [1.29, 1.82) is 0 Å². The van der Waals surface area contributed by atoms with Gasteiger partial charge in [0.2, 0.25) is 0 Å². The van der Waals surface area contributed by atoms with Crippen molar-refractivity contribution in [3.63, 3.8) is 0 Å². The second-order valence-electron chi connectivity index (χ2n) is 6.41. The fourth-order valence-electron chi connectivity index (χ4n) is 3.46. The molecular weight excluding hydrogens is 366 g/mol. The van der Waals surface area contributed by atoms with Crippen molar-refractivity contribution in [2.24, 2.45) is 0 Å². The second-order valence-corrected chi connectivity index (χ2v) is 6.76. The van der Waals surface area contributed by atoms with E-state index in [4.69, 9.17) is 26.1 Å². The third-order valence-corrected chi connectivity index (χ3v) is 5.13. The summed E-state index contributed by atoms with van der Waals surface area (Å²) in [5.41, 5.74) is 1.89. The molecule has 0 radical (unpaired) electrons. The van der Waals surface area contributed by atoms with Crippen molar-refractivity contribution in [3.8, 4) is 11.8 Å². The van der Waals surface area contributed by atoms with E-state index in [0.717, 1.165) is 42.7 Å². The maximum Gasteiger partial charge on any atom is 0.319 e. The van der Waals surface area contributed by atoms with Crippen molar-refractivity contribution in [2.45, 2.75) is 18.8 Å². The summed E-state index contributed by atoms with van der Waals surface area (Å²) in [4.78, 5) is 19.8. The molecule has 0 N–H and O–H groups in total. The Morgan fingerprint density at radius 2 is 1.85 bits per heavy atom. The number of hydrogen-bond acceptors (Lipinski definition) is 7. The molecule has 1 fully saturated rings. The standard InChI is InChI=1S/C19H20ClN5O2/c1-26-15-16(20)23-19(27-2)24-18(15)25-10-7-12(8-11-25)14-6-5-13-4-3-9-21-17(13)22-14/h3-6,9,12H,7-8,10-11H2,1-2H3. The first-order valence-corrected chi connectivity index (χ1v) is 9.19. The van der Waals surface area contributed by atoms with Gasteiger partial charge >= 0.3 is 6.01 Å². The molecule has 27 heavy (non-hydrogen) atoms. The summed E-state index contributed by atoms with van der Waals surface area (Å²) < 4.78 is 10.6. The fraction of sp³-hybridized carbons (Fsp3) is 0.368. The van der Waals surface area contributed by atoms with Crippen LogP contribution in [0.3, 0.4) is 0 Å². The van der Waals surface area contributed by atoms with Gasteiger partial charge in [0, 0.05) is 36.3 Å². The lowest BCUT2D eigenvalue weighted by atomic mass is 9.93. The molecule has 1 aliphatic heterocycles. The number of ether oxygens (including phenoxy) is 2. The molecule has 1 saturated heterocycles. The molecule has 140 valence electrons. The Morgan fingerprint density at radius 3 is 2.59 bits per heavy atom. The predicted octanol–water partition coefficient (Wildman–Crippen LogP) is 3.47. The van der Waals surface area contributed by atoms with Crippen LogP contribution in [0.15, 0.2) is 30.5 Å². The maximum atomic E-state index is 6.21. The number of anilines is 1. The smallest absolute Gasteiger partial charge is 0.319 e. The molecule has 0 saturated carbocycles. The molecule has 4 rings (SSSR count). The van der Waals surface area contributed by atoms with Gasteiger partial charge in [0.1, 0.15) is 0 Å². The van der Waals surface area contributed by atoms with Gasteiger partial charge in [-0.25, -0.2) is 9.97 Å². The van der Waals surface area contributed by atoms with E-state index in [2.05, 4.69) is 32.0 Å². The summed E-state index contributed by atoms with van der Waals surface area (Å²) >= 11 is 6.21. The number of hydrogen-bond donors (Lipinski definition) is 0. The zero-order valence-electron chi connectivity index (χ0n) is 15.2. The number of piperidine rings is 1. The fourth-order valence-corrected chi connectivity index (χ4v) is 3.69. The number of aromatic nitrogens is 4. The molecule has 1 aliphatic rings. The minimum Gasteiger partial charge on any atom is -0.490 e. The van der Waals surface area contributed by atoms with E-state index in [1.54, 1.807) is 13.3 Å². The molecule has 0 aromatic carbocycles. The summed E-state index contributed by atoms with van der Waals surface area (Å²) in [7, 11) is 3.09. The van der Waals surface area contributed by atoms with Crippen LogP contribution in [0.5, 0.6) is 11.8 Å². The predicted molar refractivity (Wildman–Crippen MR) is 104 cm³/mol. The van der Waals surface area contributed by atoms with E-state index in [-0.39, 0.29) is 11.2 Å². The Labute approximate surface area is 162 Å². The van der Waals surface area contributed by atoms with E-state index in [0.29, 0.717) is 17.5 Å². The quantitative estimate of drug-likeness (QED) is 0.636. The molecule has 3 aromatic heterocycles. The number of methoxy groups -OCH3 is 2. The van der Waals surface area contributed by atoms with E-state index >= 15 is 0 Å². The van der Waals surface area contributed by atoms with Gasteiger partial charge in [-0.3, -0.25) is 0 Å². The van der Waals surface area contributed by atoms with Crippen LogP contribution in [0, 0.1) is 0 Å².